The summed E-state index contributed by atoms with van der Waals surface area (Å²) in [5, 5.41) is 5.79. The number of hydrogen-bond donors (Lipinski definition) is 2. The van der Waals surface area contributed by atoms with E-state index in [1.807, 2.05) is 45.4 Å². The predicted octanol–water partition coefficient (Wildman–Crippen LogP) is 1.17. The van der Waals surface area contributed by atoms with Crippen molar-refractivity contribution in [2.24, 2.45) is 0 Å². The number of nitrogens with zero attached hydrogens (tertiary/aromatic N) is 1. The minimum absolute atomic E-state index is 0.000193. The van der Waals surface area contributed by atoms with Crippen LogP contribution in [-0.4, -0.2) is 51.6 Å². The first-order valence-electron chi connectivity index (χ1n) is 6.44. The van der Waals surface area contributed by atoms with Gasteiger partial charge in [-0.1, -0.05) is 6.07 Å². The predicted molar refractivity (Wildman–Crippen MR) is 77.7 cm³/mol. The number of benzene rings is 1. The van der Waals surface area contributed by atoms with Crippen LogP contribution in [0.4, 0.5) is 5.69 Å². The number of nitrogens with one attached hydrogen (secondary N) is 2. The van der Waals surface area contributed by atoms with E-state index in [4.69, 9.17) is 4.74 Å². The SMILES string of the molecule is CNCCC(=O)Nc1cccc(OCCN(C)C)c1. The van der Waals surface area contributed by atoms with Gasteiger partial charge in [-0.25, -0.2) is 0 Å². The summed E-state index contributed by atoms with van der Waals surface area (Å²) < 4.78 is 5.61. The zero-order valence-corrected chi connectivity index (χ0v) is 11.9. The van der Waals surface area contributed by atoms with Crippen molar-refractivity contribution in [3.8, 4) is 5.75 Å². The highest BCUT2D eigenvalue weighted by atomic mass is 16.5. The number of likely N-dealkylation sites (N-methyl/N-ethyl adjacent to an activating group) is 1. The third kappa shape index (κ3) is 6.79. The van der Waals surface area contributed by atoms with Gasteiger partial charge in [-0.3, -0.25) is 4.79 Å². The highest BCUT2D eigenvalue weighted by molar-refractivity contribution is 5.90. The number of anilines is 1. The molecule has 0 unspecified atom stereocenters. The van der Waals surface area contributed by atoms with Crippen molar-refractivity contribution in [3.63, 3.8) is 0 Å². The number of hydrogen-bond acceptors (Lipinski definition) is 4. The van der Waals surface area contributed by atoms with Crippen LogP contribution in [0.25, 0.3) is 0 Å². The maximum atomic E-state index is 11.6. The van der Waals surface area contributed by atoms with Gasteiger partial charge in [0.15, 0.2) is 0 Å². The fourth-order valence-corrected chi connectivity index (χ4v) is 1.47. The van der Waals surface area contributed by atoms with E-state index in [1.54, 1.807) is 0 Å². The molecule has 5 heteroatoms. The number of amides is 1. The van der Waals surface area contributed by atoms with Crippen molar-refractivity contribution in [2.75, 3.05) is 46.2 Å². The lowest BCUT2D eigenvalue weighted by Gasteiger charge is -2.12. The van der Waals surface area contributed by atoms with Crippen LogP contribution in [0.2, 0.25) is 0 Å². The first kappa shape index (κ1) is 15.5. The number of carbonyl (C=O) groups excluding carboxylic acids is 1. The standard InChI is InChI=1S/C14H23N3O2/c1-15-8-7-14(18)16-12-5-4-6-13(11-12)19-10-9-17(2)3/h4-6,11,15H,7-10H2,1-3H3,(H,16,18). The topological polar surface area (TPSA) is 53.6 Å². The van der Waals surface area contributed by atoms with Gasteiger partial charge in [0, 0.05) is 31.3 Å². The van der Waals surface area contributed by atoms with Crippen LogP contribution in [0.1, 0.15) is 6.42 Å². The number of carbonyl (C=O) groups is 1. The zero-order chi connectivity index (χ0) is 14.1. The Hall–Kier alpha value is -1.59. The van der Waals surface area contributed by atoms with E-state index < -0.39 is 0 Å². The molecule has 1 rings (SSSR count). The maximum absolute atomic E-state index is 11.6. The van der Waals surface area contributed by atoms with E-state index in [1.165, 1.54) is 0 Å². The van der Waals surface area contributed by atoms with Crippen LogP contribution < -0.4 is 15.4 Å². The molecule has 0 saturated carbocycles. The van der Waals surface area contributed by atoms with Crippen LogP contribution in [0.3, 0.4) is 0 Å². The van der Waals surface area contributed by atoms with E-state index in [0.717, 1.165) is 18.0 Å². The maximum Gasteiger partial charge on any atom is 0.225 e. The molecule has 0 spiro atoms. The monoisotopic (exact) mass is 265 g/mol. The largest absolute Gasteiger partial charge is 0.492 e. The van der Waals surface area contributed by atoms with E-state index in [9.17, 15) is 4.79 Å². The zero-order valence-electron chi connectivity index (χ0n) is 11.9. The van der Waals surface area contributed by atoms with Crippen molar-refractivity contribution < 1.29 is 9.53 Å². The molecule has 1 aromatic carbocycles. The molecule has 2 N–H and O–H groups in total. The average molecular weight is 265 g/mol. The fourth-order valence-electron chi connectivity index (χ4n) is 1.47. The lowest BCUT2D eigenvalue weighted by Crippen LogP contribution is -2.20. The fraction of sp³-hybridized carbons (Fsp3) is 0.500. The summed E-state index contributed by atoms with van der Waals surface area (Å²) in [6.45, 7) is 2.16. The molecule has 0 aromatic heterocycles. The van der Waals surface area contributed by atoms with Crippen molar-refractivity contribution in [1.82, 2.24) is 10.2 Å². The van der Waals surface area contributed by atoms with Crippen LogP contribution >= 0.6 is 0 Å². The second-order valence-corrected chi connectivity index (χ2v) is 4.58. The Bertz CT molecular complexity index is 394. The Morgan fingerprint density at radius 1 is 1.37 bits per heavy atom. The second-order valence-electron chi connectivity index (χ2n) is 4.58. The molecule has 0 aliphatic rings. The van der Waals surface area contributed by atoms with E-state index in [-0.39, 0.29) is 5.91 Å². The molecule has 0 saturated heterocycles. The van der Waals surface area contributed by atoms with Crippen molar-refractivity contribution in [2.45, 2.75) is 6.42 Å². The lowest BCUT2D eigenvalue weighted by molar-refractivity contribution is -0.116. The van der Waals surface area contributed by atoms with Gasteiger partial charge in [0.05, 0.1) is 0 Å². The molecule has 19 heavy (non-hydrogen) atoms. The first-order valence-corrected chi connectivity index (χ1v) is 6.44. The van der Waals surface area contributed by atoms with Crippen LogP contribution in [0.15, 0.2) is 24.3 Å². The molecule has 5 nitrogen and oxygen atoms in total. The third-order valence-electron chi connectivity index (χ3n) is 2.53. The molecule has 1 amide bonds. The Labute approximate surface area is 114 Å². The summed E-state index contributed by atoms with van der Waals surface area (Å²) in [7, 11) is 5.83. The first-order chi connectivity index (χ1) is 9.11. The van der Waals surface area contributed by atoms with Gasteiger partial charge in [-0.2, -0.15) is 0 Å². The smallest absolute Gasteiger partial charge is 0.225 e. The summed E-state index contributed by atoms with van der Waals surface area (Å²) in [5.74, 6) is 0.771. The van der Waals surface area contributed by atoms with E-state index in [0.29, 0.717) is 19.6 Å². The van der Waals surface area contributed by atoms with Crippen LogP contribution in [0, 0.1) is 0 Å². The summed E-state index contributed by atoms with van der Waals surface area (Å²) in [6.07, 6.45) is 0.461. The van der Waals surface area contributed by atoms with Gasteiger partial charge >= 0.3 is 0 Å². The summed E-state index contributed by atoms with van der Waals surface area (Å²) in [5.41, 5.74) is 0.767. The van der Waals surface area contributed by atoms with E-state index >= 15 is 0 Å². The van der Waals surface area contributed by atoms with Crippen molar-refractivity contribution in [3.05, 3.63) is 24.3 Å². The molecule has 0 aliphatic heterocycles. The Morgan fingerprint density at radius 2 is 2.16 bits per heavy atom. The molecule has 0 fully saturated rings. The lowest BCUT2D eigenvalue weighted by atomic mass is 10.3. The highest BCUT2D eigenvalue weighted by Gasteiger charge is 2.02. The number of ether oxygens (including phenoxy) is 1. The van der Waals surface area contributed by atoms with Crippen LogP contribution in [0.5, 0.6) is 5.75 Å². The molecule has 106 valence electrons. The summed E-state index contributed by atoms with van der Waals surface area (Å²) in [6, 6.07) is 7.46. The molecular formula is C14H23N3O2. The normalized spacial score (nSPS) is 10.5. The van der Waals surface area contributed by atoms with E-state index in [2.05, 4.69) is 15.5 Å². The van der Waals surface area contributed by atoms with Crippen LogP contribution in [-0.2, 0) is 4.79 Å². The Morgan fingerprint density at radius 3 is 2.84 bits per heavy atom. The van der Waals surface area contributed by atoms with Gasteiger partial charge in [-0.05, 0) is 33.3 Å². The molecule has 1 aromatic rings. The molecule has 0 bridgehead atoms. The summed E-state index contributed by atoms with van der Waals surface area (Å²) in [4.78, 5) is 13.6. The Kier molecular flexibility index (Phi) is 6.92. The third-order valence-corrected chi connectivity index (χ3v) is 2.53. The number of rotatable bonds is 8. The molecule has 0 heterocycles. The van der Waals surface area contributed by atoms with Crippen molar-refractivity contribution in [1.29, 1.82) is 0 Å². The second kappa shape index (κ2) is 8.50. The van der Waals surface area contributed by atoms with Gasteiger partial charge < -0.3 is 20.3 Å². The quantitative estimate of drug-likeness (QED) is 0.741. The molecular weight excluding hydrogens is 242 g/mol. The average Bonchev–Trinajstić information content (AvgIpc) is 2.36. The summed E-state index contributed by atoms with van der Waals surface area (Å²) >= 11 is 0. The van der Waals surface area contributed by atoms with Crippen molar-refractivity contribution >= 4 is 11.6 Å². The Balaban J connectivity index is 2.45. The molecule has 0 radical (unpaired) electrons. The minimum Gasteiger partial charge on any atom is -0.492 e. The highest BCUT2D eigenvalue weighted by Crippen LogP contribution is 2.17. The van der Waals surface area contributed by atoms with Gasteiger partial charge in [-0.15, -0.1) is 0 Å². The van der Waals surface area contributed by atoms with Gasteiger partial charge in [0.25, 0.3) is 0 Å². The van der Waals surface area contributed by atoms with Gasteiger partial charge in [0.1, 0.15) is 12.4 Å². The molecule has 0 aliphatic carbocycles. The molecule has 0 atom stereocenters. The van der Waals surface area contributed by atoms with Gasteiger partial charge in [0.2, 0.25) is 5.91 Å². The minimum atomic E-state index is -0.000193.